The van der Waals surface area contributed by atoms with E-state index in [4.69, 9.17) is 21.4 Å². The number of rotatable bonds is 5. The third-order valence-corrected chi connectivity index (χ3v) is 7.36. The number of fused-ring (bicyclic) bond motifs is 2. The summed E-state index contributed by atoms with van der Waals surface area (Å²) in [5, 5.41) is 13.3. The molecular formula is C26H31ClFN7O. The molecule has 2 saturated heterocycles. The van der Waals surface area contributed by atoms with E-state index in [1.807, 2.05) is 23.9 Å². The second kappa shape index (κ2) is 9.21. The minimum atomic E-state index is -0.393. The first-order valence-corrected chi connectivity index (χ1v) is 12.9. The fourth-order valence-corrected chi connectivity index (χ4v) is 5.84. The molecule has 6 rings (SSSR count). The number of aryl methyl sites for hydroxylation is 1. The van der Waals surface area contributed by atoms with Crippen LogP contribution in [0.4, 0.5) is 21.6 Å². The van der Waals surface area contributed by atoms with Gasteiger partial charge >= 0.3 is 0 Å². The lowest BCUT2D eigenvalue weighted by molar-refractivity contribution is 0.182. The maximum atomic E-state index is 14.8. The fraction of sp³-hybridized carbons (Fsp3) is 0.462. The van der Waals surface area contributed by atoms with Gasteiger partial charge in [0.05, 0.1) is 33.9 Å². The van der Waals surface area contributed by atoms with Crippen molar-refractivity contribution in [2.24, 2.45) is 5.92 Å². The summed E-state index contributed by atoms with van der Waals surface area (Å²) in [6.07, 6.45) is 4.63. The zero-order valence-electron chi connectivity index (χ0n) is 20.8. The molecule has 190 valence electrons. The molecule has 1 aromatic carbocycles. The molecule has 1 unspecified atom stereocenters. The summed E-state index contributed by atoms with van der Waals surface area (Å²) >= 11 is 6.94. The molecule has 36 heavy (non-hydrogen) atoms. The number of nitrogens with one attached hydrogen (secondary N) is 2. The van der Waals surface area contributed by atoms with Gasteiger partial charge in [0.15, 0.2) is 17.3 Å². The Hall–Kier alpha value is -2.88. The molecule has 0 radical (unpaired) electrons. The van der Waals surface area contributed by atoms with Gasteiger partial charge in [-0.3, -0.25) is 4.68 Å². The van der Waals surface area contributed by atoms with Gasteiger partial charge in [0, 0.05) is 68.4 Å². The number of nitrogens with zero attached hydrogens (tertiary/aromatic N) is 5. The SMILES string of the molecule is Cc1cn2cc(Nc3nn(CC4CCOC4)c4cc(N5C[C@H](C)N[C@@H](C)C5)cc(Cl)c34)cc(F)c2n1. The van der Waals surface area contributed by atoms with E-state index in [0.29, 0.717) is 40.2 Å². The Kier molecular flexibility index (Phi) is 6.02. The first-order chi connectivity index (χ1) is 17.3. The van der Waals surface area contributed by atoms with Crippen LogP contribution in [0.5, 0.6) is 0 Å². The second-order valence-corrected chi connectivity index (χ2v) is 10.7. The highest BCUT2D eigenvalue weighted by atomic mass is 35.5. The van der Waals surface area contributed by atoms with Crippen molar-refractivity contribution in [3.63, 3.8) is 0 Å². The monoisotopic (exact) mass is 511 g/mol. The van der Waals surface area contributed by atoms with Crippen molar-refractivity contribution in [3.8, 4) is 0 Å². The average molecular weight is 512 g/mol. The molecule has 2 fully saturated rings. The second-order valence-electron chi connectivity index (χ2n) is 10.3. The van der Waals surface area contributed by atoms with Crippen LogP contribution in [-0.2, 0) is 11.3 Å². The summed E-state index contributed by atoms with van der Waals surface area (Å²) in [7, 11) is 0. The van der Waals surface area contributed by atoms with Gasteiger partial charge in [0.2, 0.25) is 0 Å². The molecular weight excluding hydrogens is 481 g/mol. The molecule has 5 heterocycles. The molecule has 0 spiro atoms. The van der Waals surface area contributed by atoms with E-state index in [0.717, 1.165) is 61.6 Å². The van der Waals surface area contributed by atoms with Crippen molar-refractivity contribution in [1.82, 2.24) is 24.5 Å². The van der Waals surface area contributed by atoms with Gasteiger partial charge in [-0.25, -0.2) is 9.37 Å². The van der Waals surface area contributed by atoms with Crippen LogP contribution in [0.1, 0.15) is 26.0 Å². The van der Waals surface area contributed by atoms with Crippen molar-refractivity contribution < 1.29 is 9.13 Å². The minimum Gasteiger partial charge on any atom is -0.381 e. The van der Waals surface area contributed by atoms with Crippen LogP contribution in [0, 0.1) is 18.7 Å². The van der Waals surface area contributed by atoms with Gasteiger partial charge in [-0.2, -0.15) is 5.10 Å². The standard InChI is InChI=1S/C26H31ClFN7O/c1-15-9-33(10-16(2)29-15)20-7-21(27)24-23(8-20)35(12-18-4-5-36-14-18)32-25(24)31-19-6-22(28)26-30-17(3)11-34(26)13-19/h6-8,11,13,15-16,18,29H,4-5,9-10,12,14H2,1-3H3,(H,31,32)/t15-,16-,18?/m0/s1. The normalized spacial score (nSPS) is 22.7. The molecule has 2 aliphatic rings. The molecule has 10 heteroatoms. The van der Waals surface area contributed by atoms with Crippen molar-refractivity contribution in [1.29, 1.82) is 0 Å². The lowest BCUT2D eigenvalue weighted by Crippen LogP contribution is -2.54. The number of aromatic nitrogens is 4. The summed E-state index contributed by atoms with van der Waals surface area (Å²) in [4.78, 5) is 6.63. The number of anilines is 3. The maximum absolute atomic E-state index is 14.8. The van der Waals surface area contributed by atoms with Crippen LogP contribution in [-0.4, -0.2) is 57.6 Å². The van der Waals surface area contributed by atoms with E-state index in [2.05, 4.69) is 40.4 Å². The number of hydrogen-bond acceptors (Lipinski definition) is 6. The average Bonchev–Trinajstić information content (AvgIpc) is 3.53. The number of ether oxygens (including phenoxy) is 1. The summed E-state index contributed by atoms with van der Waals surface area (Å²) in [6, 6.07) is 6.43. The fourth-order valence-electron chi connectivity index (χ4n) is 5.54. The number of hydrogen-bond donors (Lipinski definition) is 2. The largest absolute Gasteiger partial charge is 0.381 e. The summed E-state index contributed by atoms with van der Waals surface area (Å²) < 4.78 is 24.1. The van der Waals surface area contributed by atoms with E-state index in [1.54, 1.807) is 10.6 Å². The molecule has 0 bridgehead atoms. The Balaban J connectivity index is 1.42. The van der Waals surface area contributed by atoms with Crippen molar-refractivity contribution >= 4 is 45.3 Å². The summed E-state index contributed by atoms with van der Waals surface area (Å²) in [6.45, 7) is 10.3. The zero-order chi connectivity index (χ0) is 25.0. The van der Waals surface area contributed by atoms with Crippen molar-refractivity contribution in [3.05, 3.63) is 47.1 Å². The topological polar surface area (TPSA) is 71.7 Å². The van der Waals surface area contributed by atoms with Gasteiger partial charge in [0.1, 0.15) is 0 Å². The van der Waals surface area contributed by atoms with Crippen LogP contribution in [0.25, 0.3) is 16.6 Å². The van der Waals surface area contributed by atoms with Gasteiger partial charge in [-0.15, -0.1) is 0 Å². The molecule has 8 nitrogen and oxygen atoms in total. The molecule has 2 aliphatic heterocycles. The summed E-state index contributed by atoms with van der Waals surface area (Å²) in [5.74, 6) is 0.610. The van der Waals surface area contributed by atoms with Crippen LogP contribution in [0.2, 0.25) is 5.02 Å². The van der Waals surface area contributed by atoms with Gasteiger partial charge in [0.25, 0.3) is 0 Å². The Morgan fingerprint density at radius 2 is 2.00 bits per heavy atom. The molecule has 0 aliphatic carbocycles. The maximum Gasteiger partial charge on any atom is 0.173 e. The molecule has 3 aromatic heterocycles. The van der Waals surface area contributed by atoms with Crippen LogP contribution in [0.15, 0.2) is 30.6 Å². The third kappa shape index (κ3) is 4.40. The first-order valence-electron chi connectivity index (χ1n) is 12.5. The number of halogens is 2. The smallest absolute Gasteiger partial charge is 0.173 e. The van der Waals surface area contributed by atoms with Crippen molar-refractivity contribution in [2.75, 3.05) is 36.5 Å². The predicted octanol–water partition coefficient (Wildman–Crippen LogP) is 4.75. The number of benzene rings is 1. The third-order valence-electron chi connectivity index (χ3n) is 7.06. The van der Waals surface area contributed by atoms with Crippen LogP contribution in [0.3, 0.4) is 0 Å². The number of piperazine rings is 1. The Morgan fingerprint density at radius 1 is 1.19 bits per heavy atom. The highest BCUT2D eigenvalue weighted by Gasteiger charge is 2.25. The van der Waals surface area contributed by atoms with E-state index >= 15 is 0 Å². The highest BCUT2D eigenvalue weighted by molar-refractivity contribution is 6.37. The number of imidazole rings is 1. The minimum absolute atomic E-state index is 0.303. The Labute approximate surface area is 214 Å². The van der Waals surface area contributed by atoms with E-state index in [9.17, 15) is 4.39 Å². The lowest BCUT2D eigenvalue weighted by atomic mass is 10.1. The van der Waals surface area contributed by atoms with E-state index in [1.165, 1.54) is 6.07 Å². The first kappa shape index (κ1) is 23.5. The van der Waals surface area contributed by atoms with Crippen LogP contribution < -0.4 is 15.5 Å². The summed E-state index contributed by atoms with van der Waals surface area (Å²) in [5.41, 5.74) is 3.69. The Morgan fingerprint density at radius 3 is 2.75 bits per heavy atom. The highest BCUT2D eigenvalue weighted by Crippen LogP contribution is 2.37. The van der Waals surface area contributed by atoms with Gasteiger partial charge < -0.3 is 24.7 Å². The van der Waals surface area contributed by atoms with Crippen LogP contribution >= 0.6 is 11.6 Å². The molecule has 0 saturated carbocycles. The van der Waals surface area contributed by atoms with Gasteiger partial charge in [-0.05, 0) is 39.3 Å². The van der Waals surface area contributed by atoms with Crippen molar-refractivity contribution in [2.45, 2.75) is 45.8 Å². The van der Waals surface area contributed by atoms with E-state index in [-0.39, 0.29) is 0 Å². The molecule has 0 amide bonds. The molecule has 4 aromatic rings. The predicted molar refractivity (Wildman–Crippen MR) is 141 cm³/mol. The number of pyridine rings is 1. The molecule has 2 N–H and O–H groups in total. The zero-order valence-corrected chi connectivity index (χ0v) is 21.5. The lowest BCUT2D eigenvalue weighted by Gasteiger charge is -2.37. The van der Waals surface area contributed by atoms with Gasteiger partial charge in [-0.1, -0.05) is 11.6 Å². The quantitative estimate of drug-likeness (QED) is 0.403. The van der Waals surface area contributed by atoms with E-state index < -0.39 is 5.82 Å². The Bertz CT molecular complexity index is 1420. The molecule has 3 atom stereocenters.